The van der Waals surface area contributed by atoms with Crippen LogP contribution in [0.25, 0.3) is 0 Å². The lowest BCUT2D eigenvalue weighted by atomic mass is 10.1. The Balaban J connectivity index is 1.65. The molecule has 7 nitrogen and oxygen atoms in total. The Morgan fingerprint density at radius 3 is 2.35 bits per heavy atom. The largest absolute Gasteiger partial charge is 0.369 e. The number of amides is 3. The average molecular weight is 316 g/mol. The van der Waals surface area contributed by atoms with Gasteiger partial charge in [-0.05, 0) is 12.1 Å². The fraction of sp³-hybridized carbons (Fsp3) is 0.438. The summed E-state index contributed by atoms with van der Waals surface area (Å²) < 4.78 is 0. The molecule has 2 fully saturated rings. The minimum absolute atomic E-state index is 0.161. The van der Waals surface area contributed by atoms with Crippen molar-refractivity contribution in [2.75, 3.05) is 37.6 Å². The van der Waals surface area contributed by atoms with Gasteiger partial charge in [-0.25, -0.2) is 4.90 Å². The van der Waals surface area contributed by atoms with Crippen molar-refractivity contribution in [1.82, 2.24) is 9.80 Å². The van der Waals surface area contributed by atoms with Gasteiger partial charge in [0.05, 0.1) is 24.7 Å². The normalized spacial score (nSPS) is 23.5. The molecular weight excluding hydrogens is 296 g/mol. The second kappa shape index (κ2) is 6.47. The Bertz CT molecular complexity index is 611. The van der Waals surface area contributed by atoms with Crippen LogP contribution in [0.15, 0.2) is 30.3 Å². The SMILES string of the molecule is NC(=O)CN1CCN(C2CC(=O)N(c3ccccc3)C2=O)CC1. The number of primary amides is 1. The summed E-state index contributed by atoms with van der Waals surface area (Å²) in [5.41, 5.74) is 5.83. The molecule has 1 aromatic rings. The molecule has 2 heterocycles. The Morgan fingerprint density at radius 2 is 1.74 bits per heavy atom. The van der Waals surface area contributed by atoms with Crippen LogP contribution >= 0.6 is 0 Å². The first-order valence-electron chi connectivity index (χ1n) is 7.73. The van der Waals surface area contributed by atoms with E-state index in [-0.39, 0.29) is 30.7 Å². The summed E-state index contributed by atoms with van der Waals surface area (Å²) in [6, 6.07) is 8.60. The van der Waals surface area contributed by atoms with Gasteiger partial charge in [-0.1, -0.05) is 18.2 Å². The summed E-state index contributed by atoms with van der Waals surface area (Å²) in [7, 11) is 0. The Labute approximate surface area is 134 Å². The summed E-state index contributed by atoms with van der Waals surface area (Å²) in [6.45, 7) is 2.89. The van der Waals surface area contributed by atoms with E-state index in [4.69, 9.17) is 5.73 Å². The van der Waals surface area contributed by atoms with Gasteiger partial charge in [-0.15, -0.1) is 0 Å². The maximum atomic E-state index is 12.7. The molecule has 7 heteroatoms. The van der Waals surface area contributed by atoms with Crippen LogP contribution in [0.3, 0.4) is 0 Å². The monoisotopic (exact) mass is 316 g/mol. The van der Waals surface area contributed by atoms with Crippen molar-refractivity contribution in [2.24, 2.45) is 5.73 Å². The maximum absolute atomic E-state index is 12.7. The van der Waals surface area contributed by atoms with E-state index in [1.54, 1.807) is 12.1 Å². The number of anilines is 1. The number of hydrogen-bond donors (Lipinski definition) is 1. The molecule has 2 N–H and O–H groups in total. The lowest BCUT2D eigenvalue weighted by Gasteiger charge is -2.36. The molecule has 0 radical (unpaired) electrons. The number of imide groups is 1. The van der Waals surface area contributed by atoms with Crippen molar-refractivity contribution in [3.8, 4) is 0 Å². The van der Waals surface area contributed by atoms with Crippen LogP contribution in [-0.2, 0) is 14.4 Å². The third kappa shape index (κ3) is 3.25. The molecule has 1 unspecified atom stereocenters. The molecule has 2 saturated heterocycles. The molecule has 1 atom stereocenters. The smallest absolute Gasteiger partial charge is 0.251 e. The van der Waals surface area contributed by atoms with Crippen LogP contribution in [0.4, 0.5) is 5.69 Å². The van der Waals surface area contributed by atoms with Crippen molar-refractivity contribution in [3.63, 3.8) is 0 Å². The van der Waals surface area contributed by atoms with Crippen LogP contribution < -0.4 is 10.6 Å². The molecule has 0 saturated carbocycles. The number of carbonyl (C=O) groups is 3. The quantitative estimate of drug-likeness (QED) is 0.751. The zero-order valence-electron chi connectivity index (χ0n) is 12.9. The van der Waals surface area contributed by atoms with E-state index in [9.17, 15) is 14.4 Å². The standard InChI is InChI=1S/C16H20N4O3/c17-14(21)11-18-6-8-19(9-7-18)13-10-15(22)20(16(13)23)12-4-2-1-3-5-12/h1-5,13H,6-11H2,(H2,17,21). The fourth-order valence-corrected chi connectivity index (χ4v) is 3.20. The van der Waals surface area contributed by atoms with Gasteiger partial charge >= 0.3 is 0 Å². The van der Waals surface area contributed by atoms with Gasteiger partial charge in [0.25, 0.3) is 5.91 Å². The van der Waals surface area contributed by atoms with Crippen LogP contribution in [-0.4, -0.2) is 66.3 Å². The molecule has 0 spiro atoms. The molecule has 2 aliphatic heterocycles. The molecule has 3 amide bonds. The van der Waals surface area contributed by atoms with Gasteiger partial charge in [0.1, 0.15) is 0 Å². The number of nitrogens with zero attached hydrogens (tertiary/aromatic N) is 3. The topological polar surface area (TPSA) is 87.0 Å². The van der Waals surface area contributed by atoms with Crippen LogP contribution in [0.1, 0.15) is 6.42 Å². The van der Waals surface area contributed by atoms with E-state index >= 15 is 0 Å². The average Bonchev–Trinajstić information content (AvgIpc) is 2.83. The highest BCUT2D eigenvalue weighted by molar-refractivity contribution is 6.22. The van der Waals surface area contributed by atoms with Crippen molar-refractivity contribution < 1.29 is 14.4 Å². The predicted octanol–water partition coefficient (Wildman–Crippen LogP) is -0.579. The highest BCUT2D eigenvalue weighted by Gasteiger charge is 2.43. The first-order chi connectivity index (χ1) is 11.1. The van der Waals surface area contributed by atoms with Gasteiger partial charge in [0.15, 0.2) is 0 Å². The number of para-hydroxylation sites is 1. The van der Waals surface area contributed by atoms with Gasteiger partial charge in [-0.3, -0.25) is 24.2 Å². The zero-order valence-corrected chi connectivity index (χ0v) is 12.9. The number of hydrogen-bond acceptors (Lipinski definition) is 5. The zero-order chi connectivity index (χ0) is 16.4. The minimum Gasteiger partial charge on any atom is -0.369 e. The summed E-state index contributed by atoms with van der Waals surface area (Å²) in [5, 5.41) is 0. The van der Waals surface area contributed by atoms with Crippen molar-refractivity contribution in [1.29, 1.82) is 0 Å². The van der Waals surface area contributed by atoms with Crippen LogP contribution in [0, 0.1) is 0 Å². The highest BCUT2D eigenvalue weighted by Crippen LogP contribution is 2.25. The van der Waals surface area contributed by atoms with Crippen molar-refractivity contribution in [3.05, 3.63) is 30.3 Å². The fourth-order valence-electron chi connectivity index (χ4n) is 3.20. The summed E-state index contributed by atoms with van der Waals surface area (Å²) in [4.78, 5) is 41.1. The Morgan fingerprint density at radius 1 is 1.09 bits per heavy atom. The lowest BCUT2D eigenvalue weighted by Crippen LogP contribution is -2.53. The first kappa shape index (κ1) is 15.6. The number of nitrogens with two attached hydrogens (primary N) is 1. The van der Waals surface area contributed by atoms with E-state index in [1.807, 2.05) is 28.0 Å². The highest BCUT2D eigenvalue weighted by atomic mass is 16.2. The number of piperazine rings is 1. The minimum atomic E-state index is -0.404. The third-order valence-electron chi connectivity index (χ3n) is 4.36. The Hall–Kier alpha value is -2.25. The molecule has 122 valence electrons. The molecule has 2 aliphatic rings. The van der Waals surface area contributed by atoms with E-state index in [2.05, 4.69) is 0 Å². The van der Waals surface area contributed by atoms with E-state index in [0.717, 1.165) is 0 Å². The van der Waals surface area contributed by atoms with E-state index in [0.29, 0.717) is 31.9 Å². The van der Waals surface area contributed by atoms with E-state index < -0.39 is 6.04 Å². The molecule has 3 rings (SSSR count). The molecule has 0 aromatic heterocycles. The van der Waals surface area contributed by atoms with Crippen molar-refractivity contribution >= 4 is 23.4 Å². The lowest BCUT2D eigenvalue weighted by molar-refractivity contribution is -0.124. The van der Waals surface area contributed by atoms with Gasteiger partial charge in [0, 0.05) is 26.2 Å². The second-order valence-corrected chi connectivity index (χ2v) is 5.90. The number of carbonyl (C=O) groups excluding carboxylic acids is 3. The Kier molecular flexibility index (Phi) is 4.40. The molecule has 1 aromatic carbocycles. The van der Waals surface area contributed by atoms with Gasteiger partial charge in [0.2, 0.25) is 11.8 Å². The first-order valence-corrected chi connectivity index (χ1v) is 7.73. The molecular formula is C16H20N4O3. The maximum Gasteiger partial charge on any atom is 0.251 e. The predicted molar refractivity (Wildman–Crippen MR) is 84.5 cm³/mol. The summed E-state index contributed by atoms with van der Waals surface area (Å²) in [5.74, 6) is -0.670. The summed E-state index contributed by atoms with van der Waals surface area (Å²) >= 11 is 0. The number of rotatable bonds is 4. The van der Waals surface area contributed by atoms with Crippen molar-refractivity contribution in [2.45, 2.75) is 12.5 Å². The third-order valence-corrected chi connectivity index (χ3v) is 4.36. The summed E-state index contributed by atoms with van der Waals surface area (Å²) in [6.07, 6.45) is 0.212. The van der Waals surface area contributed by atoms with Gasteiger partial charge < -0.3 is 5.73 Å². The molecule has 23 heavy (non-hydrogen) atoms. The van der Waals surface area contributed by atoms with E-state index in [1.165, 1.54) is 4.90 Å². The van der Waals surface area contributed by atoms with Gasteiger partial charge in [-0.2, -0.15) is 0 Å². The molecule has 0 bridgehead atoms. The second-order valence-electron chi connectivity index (χ2n) is 5.90. The molecule has 0 aliphatic carbocycles. The number of benzene rings is 1. The van der Waals surface area contributed by atoms with Crippen LogP contribution in [0.5, 0.6) is 0 Å². The van der Waals surface area contributed by atoms with Crippen LogP contribution in [0.2, 0.25) is 0 Å².